The average Bonchev–Trinajstić information content (AvgIpc) is 2.16. The van der Waals surface area contributed by atoms with Crippen molar-refractivity contribution < 1.29 is 9.50 Å². The highest BCUT2D eigenvalue weighted by Gasteiger charge is 2.06. The minimum atomic E-state index is -0.783. The van der Waals surface area contributed by atoms with E-state index in [0.717, 1.165) is 0 Å². The molecule has 1 atom stereocenters. The first-order chi connectivity index (χ1) is 6.65. The van der Waals surface area contributed by atoms with E-state index in [9.17, 15) is 4.39 Å². The molecule has 0 saturated carbocycles. The van der Waals surface area contributed by atoms with Gasteiger partial charge in [-0.2, -0.15) is 0 Å². The molecule has 74 valence electrons. The van der Waals surface area contributed by atoms with Crippen molar-refractivity contribution in [3.63, 3.8) is 0 Å². The van der Waals surface area contributed by atoms with Gasteiger partial charge in [-0.1, -0.05) is 12.8 Å². The molecule has 0 radical (unpaired) electrons. The van der Waals surface area contributed by atoms with Crippen molar-refractivity contribution in [3.8, 4) is 11.8 Å². The summed E-state index contributed by atoms with van der Waals surface area (Å²) in [6, 6.07) is 0. The zero-order valence-corrected chi connectivity index (χ0v) is 8.08. The summed E-state index contributed by atoms with van der Waals surface area (Å²) < 4.78 is 13.4. The van der Waals surface area contributed by atoms with E-state index in [1.165, 1.54) is 13.3 Å². The fraction of sp³-hybridized carbons (Fsp3) is 0.400. The zero-order valence-electron chi connectivity index (χ0n) is 8.08. The lowest BCUT2D eigenvalue weighted by atomic mass is 10.2. The Morgan fingerprint density at radius 1 is 1.57 bits per heavy atom. The number of rotatable bonds is 1. The van der Waals surface area contributed by atoms with E-state index in [0.29, 0.717) is 12.1 Å². The average molecular weight is 194 g/mol. The second-order valence-corrected chi connectivity index (χ2v) is 2.78. The lowest BCUT2D eigenvalue weighted by molar-refractivity contribution is 0.253. The van der Waals surface area contributed by atoms with E-state index in [-0.39, 0.29) is 5.69 Å². The fourth-order valence-corrected chi connectivity index (χ4v) is 0.913. The lowest BCUT2D eigenvalue weighted by Crippen LogP contribution is -2.00. The number of aryl methyl sites for hydroxylation is 1. The van der Waals surface area contributed by atoms with Crippen LogP contribution in [-0.2, 0) is 6.42 Å². The molecular formula is C10H11FN2O. The van der Waals surface area contributed by atoms with Gasteiger partial charge >= 0.3 is 0 Å². The summed E-state index contributed by atoms with van der Waals surface area (Å²) in [5.74, 6) is 4.39. The van der Waals surface area contributed by atoms with Crippen LogP contribution in [-0.4, -0.2) is 21.2 Å². The van der Waals surface area contributed by atoms with Gasteiger partial charge in [0.1, 0.15) is 12.4 Å². The van der Waals surface area contributed by atoms with E-state index in [1.807, 2.05) is 0 Å². The minimum Gasteiger partial charge on any atom is -0.381 e. The van der Waals surface area contributed by atoms with Crippen molar-refractivity contribution in [3.05, 3.63) is 23.5 Å². The van der Waals surface area contributed by atoms with Crippen LogP contribution < -0.4 is 0 Å². The van der Waals surface area contributed by atoms with E-state index >= 15 is 0 Å². The minimum absolute atomic E-state index is 0.0396. The smallest absolute Gasteiger partial charge is 0.178 e. The van der Waals surface area contributed by atoms with Crippen molar-refractivity contribution in [1.82, 2.24) is 9.97 Å². The summed E-state index contributed by atoms with van der Waals surface area (Å²) in [5.41, 5.74) is 0.382. The van der Waals surface area contributed by atoms with E-state index in [4.69, 9.17) is 5.11 Å². The summed E-state index contributed by atoms with van der Waals surface area (Å²) in [6.07, 6.45) is 0.987. The Morgan fingerprint density at radius 2 is 2.29 bits per heavy atom. The number of aromatic nitrogens is 2. The second-order valence-electron chi connectivity index (χ2n) is 2.78. The summed E-state index contributed by atoms with van der Waals surface area (Å²) in [5, 5.41) is 8.89. The van der Waals surface area contributed by atoms with Crippen molar-refractivity contribution in [2.24, 2.45) is 0 Å². The molecule has 1 heterocycles. The summed E-state index contributed by atoms with van der Waals surface area (Å²) >= 11 is 0. The first-order valence-corrected chi connectivity index (χ1v) is 4.34. The number of aliphatic hydroxyl groups excluding tert-OH is 1. The lowest BCUT2D eigenvalue weighted by Gasteiger charge is -1.98. The Hall–Kier alpha value is -1.47. The van der Waals surface area contributed by atoms with Crippen LogP contribution in [0.25, 0.3) is 0 Å². The van der Waals surface area contributed by atoms with Crippen LogP contribution in [0, 0.1) is 17.7 Å². The van der Waals surface area contributed by atoms with Gasteiger partial charge in [-0.3, -0.25) is 0 Å². The molecule has 1 N–H and O–H groups in total. The topological polar surface area (TPSA) is 46.0 Å². The Balaban J connectivity index is 3.06. The molecule has 0 aliphatic rings. The monoisotopic (exact) mass is 194 g/mol. The van der Waals surface area contributed by atoms with Crippen molar-refractivity contribution in [1.29, 1.82) is 0 Å². The van der Waals surface area contributed by atoms with Crippen molar-refractivity contribution in [2.45, 2.75) is 26.4 Å². The van der Waals surface area contributed by atoms with Gasteiger partial charge in [-0.05, 0) is 19.3 Å². The van der Waals surface area contributed by atoms with E-state index in [1.54, 1.807) is 6.92 Å². The van der Waals surface area contributed by atoms with Gasteiger partial charge in [0, 0.05) is 0 Å². The second kappa shape index (κ2) is 4.68. The summed E-state index contributed by atoms with van der Waals surface area (Å²) in [4.78, 5) is 7.46. The molecule has 0 aliphatic carbocycles. The number of hydrogen-bond acceptors (Lipinski definition) is 3. The van der Waals surface area contributed by atoms with Crippen LogP contribution in [0.5, 0.6) is 0 Å². The first kappa shape index (κ1) is 10.6. The molecule has 0 aliphatic heterocycles. The quantitative estimate of drug-likeness (QED) is 0.676. The van der Waals surface area contributed by atoms with Gasteiger partial charge in [0.05, 0.1) is 5.69 Å². The van der Waals surface area contributed by atoms with Crippen LogP contribution in [0.1, 0.15) is 25.2 Å². The molecule has 1 aromatic rings. The Kier molecular flexibility index (Phi) is 3.55. The third-order valence-electron chi connectivity index (χ3n) is 1.60. The number of nitrogens with zero attached hydrogens (tertiary/aromatic N) is 2. The summed E-state index contributed by atoms with van der Waals surface area (Å²) in [6.45, 7) is 3.31. The van der Waals surface area contributed by atoms with E-state index in [2.05, 4.69) is 21.8 Å². The van der Waals surface area contributed by atoms with Crippen LogP contribution in [0.4, 0.5) is 4.39 Å². The Labute approximate surface area is 82.0 Å². The zero-order chi connectivity index (χ0) is 10.6. The maximum atomic E-state index is 13.4. The van der Waals surface area contributed by atoms with E-state index < -0.39 is 11.9 Å². The Bertz CT molecular complexity index is 379. The predicted molar refractivity (Wildman–Crippen MR) is 49.9 cm³/mol. The van der Waals surface area contributed by atoms with Crippen LogP contribution in [0.3, 0.4) is 0 Å². The van der Waals surface area contributed by atoms with Crippen molar-refractivity contribution in [2.75, 3.05) is 0 Å². The van der Waals surface area contributed by atoms with Crippen molar-refractivity contribution >= 4 is 0 Å². The molecule has 0 spiro atoms. The molecule has 0 bridgehead atoms. The highest BCUT2D eigenvalue weighted by atomic mass is 19.1. The van der Waals surface area contributed by atoms with Gasteiger partial charge in [-0.15, -0.1) is 0 Å². The van der Waals surface area contributed by atoms with Gasteiger partial charge in [-0.25, -0.2) is 14.4 Å². The van der Waals surface area contributed by atoms with Crippen LogP contribution in [0.15, 0.2) is 6.33 Å². The first-order valence-electron chi connectivity index (χ1n) is 4.34. The molecule has 0 amide bonds. The molecule has 0 fully saturated rings. The Morgan fingerprint density at radius 3 is 2.86 bits per heavy atom. The normalized spacial score (nSPS) is 11.7. The fourth-order valence-electron chi connectivity index (χ4n) is 0.913. The third kappa shape index (κ3) is 2.51. The SMILES string of the molecule is CCc1ncnc(C#C[C@H](C)O)c1F. The standard InChI is InChI=1S/C10H11FN2O/c1-3-8-10(11)9(13-6-12-8)5-4-7(2)14/h6-7,14H,3H2,1-2H3/t7-/m0/s1. The molecule has 14 heavy (non-hydrogen) atoms. The molecule has 1 aromatic heterocycles. The highest BCUT2D eigenvalue weighted by Crippen LogP contribution is 2.06. The van der Waals surface area contributed by atoms with Gasteiger partial charge < -0.3 is 5.11 Å². The largest absolute Gasteiger partial charge is 0.381 e. The van der Waals surface area contributed by atoms with Gasteiger partial charge in [0.2, 0.25) is 0 Å². The van der Waals surface area contributed by atoms with Gasteiger partial charge in [0.15, 0.2) is 11.5 Å². The molecule has 0 saturated heterocycles. The third-order valence-corrected chi connectivity index (χ3v) is 1.60. The van der Waals surface area contributed by atoms with Crippen LogP contribution in [0.2, 0.25) is 0 Å². The maximum absolute atomic E-state index is 13.4. The predicted octanol–water partition coefficient (Wildman–Crippen LogP) is 0.910. The number of hydrogen-bond donors (Lipinski definition) is 1. The molecule has 0 aromatic carbocycles. The molecule has 3 nitrogen and oxygen atoms in total. The number of aliphatic hydroxyl groups is 1. The molecule has 0 unspecified atom stereocenters. The molecular weight excluding hydrogens is 183 g/mol. The summed E-state index contributed by atoms with van der Waals surface area (Å²) in [7, 11) is 0. The molecule has 1 rings (SSSR count). The van der Waals surface area contributed by atoms with Gasteiger partial charge in [0.25, 0.3) is 0 Å². The molecule has 4 heteroatoms. The maximum Gasteiger partial charge on any atom is 0.178 e. The highest BCUT2D eigenvalue weighted by molar-refractivity contribution is 5.30. The van der Waals surface area contributed by atoms with Crippen LogP contribution >= 0.6 is 0 Å². The number of halogens is 1.